The van der Waals surface area contributed by atoms with Gasteiger partial charge in [-0.25, -0.2) is 4.79 Å². The van der Waals surface area contributed by atoms with E-state index in [-0.39, 0.29) is 18.0 Å². The second-order valence-electron chi connectivity index (χ2n) is 6.05. The van der Waals surface area contributed by atoms with E-state index in [9.17, 15) is 9.59 Å². The molecule has 0 spiro atoms. The highest BCUT2D eigenvalue weighted by molar-refractivity contribution is 5.81. The largest absolute Gasteiger partial charge is 0.467 e. The first-order chi connectivity index (χ1) is 11.6. The lowest BCUT2D eigenvalue weighted by Gasteiger charge is -2.20. The summed E-state index contributed by atoms with van der Waals surface area (Å²) in [5, 5.41) is 2.92. The zero-order chi connectivity index (χ0) is 16.9. The fourth-order valence-electron chi connectivity index (χ4n) is 2.82. The van der Waals surface area contributed by atoms with Crippen LogP contribution in [0.15, 0.2) is 53.1 Å². The standard InChI is InChI=1S/C18H21N3O3/c1-20(13-16-8-5-9-24-16)18(23)19-15-10-17(22)21(12-15)11-14-6-3-2-4-7-14/h2-9,15H,10-13H2,1H3,(H,19,23)/t15-/m1/s1. The number of urea groups is 1. The first-order valence-electron chi connectivity index (χ1n) is 7.97. The monoisotopic (exact) mass is 327 g/mol. The summed E-state index contributed by atoms with van der Waals surface area (Å²) in [4.78, 5) is 27.7. The Balaban J connectivity index is 1.51. The number of likely N-dealkylation sites (tertiary alicyclic amines) is 1. The summed E-state index contributed by atoms with van der Waals surface area (Å²) in [6, 6.07) is 13.1. The zero-order valence-electron chi connectivity index (χ0n) is 13.6. The molecule has 1 atom stereocenters. The quantitative estimate of drug-likeness (QED) is 0.916. The minimum absolute atomic E-state index is 0.0674. The van der Waals surface area contributed by atoms with Gasteiger partial charge in [0.25, 0.3) is 0 Å². The maximum Gasteiger partial charge on any atom is 0.317 e. The molecule has 0 aliphatic carbocycles. The van der Waals surface area contributed by atoms with Crippen LogP contribution in [0.4, 0.5) is 4.79 Å². The van der Waals surface area contributed by atoms with Crippen molar-refractivity contribution in [3.05, 3.63) is 60.1 Å². The van der Waals surface area contributed by atoms with Crippen molar-refractivity contribution in [3.8, 4) is 0 Å². The zero-order valence-corrected chi connectivity index (χ0v) is 13.6. The lowest BCUT2D eigenvalue weighted by molar-refractivity contribution is -0.128. The van der Waals surface area contributed by atoms with Crippen LogP contribution in [-0.2, 0) is 17.9 Å². The van der Waals surface area contributed by atoms with Gasteiger partial charge in [0.1, 0.15) is 5.76 Å². The molecule has 3 rings (SSSR count). The molecule has 0 radical (unpaired) electrons. The maximum atomic E-state index is 12.2. The van der Waals surface area contributed by atoms with E-state index in [1.807, 2.05) is 36.4 Å². The molecule has 1 aliphatic rings. The summed E-state index contributed by atoms with van der Waals surface area (Å²) < 4.78 is 5.24. The van der Waals surface area contributed by atoms with E-state index in [0.717, 1.165) is 11.3 Å². The van der Waals surface area contributed by atoms with Gasteiger partial charge in [-0.15, -0.1) is 0 Å². The van der Waals surface area contributed by atoms with Crippen LogP contribution in [0.25, 0.3) is 0 Å². The van der Waals surface area contributed by atoms with Crippen LogP contribution in [-0.4, -0.2) is 41.4 Å². The molecule has 3 amide bonds. The van der Waals surface area contributed by atoms with Crippen molar-refractivity contribution in [2.45, 2.75) is 25.6 Å². The highest BCUT2D eigenvalue weighted by Gasteiger charge is 2.31. The SMILES string of the molecule is CN(Cc1ccco1)C(=O)N[C@@H]1CC(=O)N(Cc2ccccc2)C1. The van der Waals surface area contributed by atoms with Crippen LogP contribution in [0.2, 0.25) is 0 Å². The maximum absolute atomic E-state index is 12.2. The van der Waals surface area contributed by atoms with E-state index in [2.05, 4.69) is 5.32 Å². The topological polar surface area (TPSA) is 65.8 Å². The van der Waals surface area contributed by atoms with Crippen LogP contribution >= 0.6 is 0 Å². The molecule has 1 aromatic heterocycles. The number of nitrogens with one attached hydrogen (secondary N) is 1. The van der Waals surface area contributed by atoms with Gasteiger partial charge in [0, 0.05) is 26.6 Å². The number of hydrogen-bond donors (Lipinski definition) is 1. The fourth-order valence-corrected chi connectivity index (χ4v) is 2.82. The van der Waals surface area contributed by atoms with Gasteiger partial charge in [0.2, 0.25) is 5.91 Å². The van der Waals surface area contributed by atoms with Crippen LogP contribution in [0.5, 0.6) is 0 Å². The first kappa shape index (κ1) is 16.1. The number of carbonyl (C=O) groups is 2. The Morgan fingerprint density at radius 3 is 2.79 bits per heavy atom. The average molecular weight is 327 g/mol. The van der Waals surface area contributed by atoms with Gasteiger partial charge in [-0.3, -0.25) is 4.79 Å². The number of carbonyl (C=O) groups excluding carboxylic acids is 2. The summed E-state index contributed by atoms with van der Waals surface area (Å²) in [6.45, 7) is 1.51. The Morgan fingerprint density at radius 1 is 1.29 bits per heavy atom. The Hall–Kier alpha value is -2.76. The predicted molar refractivity (Wildman–Crippen MR) is 89.0 cm³/mol. The number of amides is 3. The van der Waals surface area contributed by atoms with E-state index in [1.54, 1.807) is 29.2 Å². The summed E-state index contributed by atoms with van der Waals surface area (Å²) in [7, 11) is 1.70. The molecule has 6 nitrogen and oxygen atoms in total. The van der Waals surface area contributed by atoms with E-state index in [1.165, 1.54) is 0 Å². The van der Waals surface area contributed by atoms with E-state index in [0.29, 0.717) is 26.1 Å². The summed E-state index contributed by atoms with van der Waals surface area (Å²) in [5.41, 5.74) is 1.09. The fraction of sp³-hybridized carbons (Fsp3) is 0.333. The average Bonchev–Trinajstić information content (AvgIpc) is 3.19. The van der Waals surface area contributed by atoms with Crippen molar-refractivity contribution in [2.75, 3.05) is 13.6 Å². The molecule has 0 saturated carbocycles. The van der Waals surface area contributed by atoms with Crippen molar-refractivity contribution in [2.24, 2.45) is 0 Å². The van der Waals surface area contributed by atoms with E-state index in [4.69, 9.17) is 4.42 Å². The third-order valence-corrected chi connectivity index (χ3v) is 4.08. The third-order valence-electron chi connectivity index (χ3n) is 4.08. The van der Waals surface area contributed by atoms with Crippen LogP contribution < -0.4 is 5.32 Å². The minimum atomic E-state index is -0.203. The molecule has 1 fully saturated rings. The molecular formula is C18H21N3O3. The summed E-state index contributed by atoms with van der Waals surface area (Å²) in [5.74, 6) is 0.790. The van der Waals surface area contributed by atoms with Gasteiger partial charge in [0.05, 0.1) is 18.8 Å². The van der Waals surface area contributed by atoms with Crippen LogP contribution in [0, 0.1) is 0 Å². The first-order valence-corrected chi connectivity index (χ1v) is 7.97. The normalized spacial score (nSPS) is 17.1. The molecule has 1 aliphatic heterocycles. The lowest BCUT2D eigenvalue weighted by Crippen LogP contribution is -2.43. The molecule has 6 heteroatoms. The molecule has 1 saturated heterocycles. The highest BCUT2D eigenvalue weighted by atomic mass is 16.3. The number of benzene rings is 1. The second kappa shape index (κ2) is 7.21. The van der Waals surface area contributed by atoms with Crippen molar-refractivity contribution in [3.63, 3.8) is 0 Å². The number of furan rings is 1. The Kier molecular flexibility index (Phi) is 4.84. The molecule has 24 heavy (non-hydrogen) atoms. The summed E-state index contributed by atoms with van der Waals surface area (Å²) >= 11 is 0. The van der Waals surface area contributed by atoms with Crippen LogP contribution in [0.3, 0.4) is 0 Å². The number of rotatable bonds is 5. The molecular weight excluding hydrogens is 306 g/mol. The van der Waals surface area contributed by atoms with Gasteiger partial charge in [0.15, 0.2) is 0 Å². The molecule has 1 N–H and O–H groups in total. The van der Waals surface area contributed by atoms with E-state index >= 15 is 0 Å². The summed E-state index contributed by atoms with van der Waals surface area (Å²) in [6.07, 6.45) is 1.92. The Labute approximate surface area is 141 Å². The Morgan fingerprint density at radius 2 is 2.08 bits per heavy atom. The van der Waals surface area contributed by atoms with Gasteiger partial charge < -0.3 is 19.5 Å². The molecule has 0 bridgehead atoms. The van der Waals surface area contributed by atoms with E-state index < -0.39 is 0 Å². The van der Waals surface area contributed by atoms with Crippen molar-refractivity contribution >= 4 is 11.9 Å². The van der Waals surface area contributed by atoms with Crippen molar-refractivity contribution < 1.29 is 14.0 Å². The van der Waals surface area contributed by atoms with Gasteiger partial charge in [-0.1, -0.05) is 30.3 Å². The molecule has 2 heterocycles. The van der Waals surface area contributed by atoms with Gasteiger partial charge in [-0.2, -0.15) is 0 Å². The minimum Gasteiger partial charge on any atom is -0.467 e. The van der Waals surface area contributed by atoms with Crippen LogP contribution in [0.1, 0.15) is 17.7 Å². The van der Waals surface area contributed by atoms with Crippen molar-refractivity contribution in [1.29, 1.82) is 0 Å². The van der Waals surface area contributed by atoms with Gasteiger partial charge >= 0.3 is 6.03 Å². The molecule has 1 aromatic carbocycles. The lowest BCUT2D eigenvalue weighted by atomic mass is 10.2. The van der Waals surface area contributed by atoms with Crippen molar-refractivity contribution in [1.82, 2.24) is 15.1 Å². The molecule has 2 aromatic rings. The Bertz CT molecular complexity index is 685. The molecule has 0 unspecified atom stereocenters. The predicted octanol–water partition coefficient (Wildman–Crippen LogP) is 2.22. The second-order valence-corrected chi connectivity index (χ2v) is 6.05. The smallest absolute Gasteiger partial charge is 0.317 e. The number of nitrogens with zero attached hydrogens (tertiary/aromatic N) is 2. The number of hydrogen-bond acceptors (Lipinski definition) is 3. The molecule has 126 valence electrons. The van der Waals surface area contributed by atoms with Gasteiger partial charge in [-0.05, 0) is 17.7 Å². The third kappa shape index (κ3) is 3.95. The highest BCUT2D eigenvalue weighted by Crippen LogP contribution is 2.15.